The van der Waals surface area contributed by atoms with Crippen LogP contribution in [0.25, 0.3) is 0 Å². The van der Waals surface area contributed by atoms with Crippen molar-refractivity contribution in [2.45, 2.75) is 45.3 Å². The van der Waals surface area contributed by atoms with E-state index < -0.39 is 11.9 Å². The molecule has 1 saturated carbocycles. The summed E-state index contributed by atoms with van der Waals surface area (Å²) in [5.74, 6) is 2.11. The van der Waals surface area contributed by atoms with Crippen molar-refractivity contribution in [2.75, 3.05) is 19.6 Å². The molecule has 1 aliphatic carbocycles. The Labute approximate surface area is 146 Å². The largest absolute Gasteiger partial charge is 0.435 e. The van der Waals surface area contributed by atoms with Gasteiger partial charge in [-0.05, 0) is 31.6 Å². The fraction of sp³-hybridized carbons (Fsp3) is 0.765. The van der Waals surface area contributed by atoms with Crippen LogP contribution in [0.1, 0.15) is 43.9 Å². The third kappa shape index (κ3) is 4.10. The van der Waals surface area contributed by atoms with Gasteiger partial charge in [0.05, 0.1) is 6.54 Å². The van der Waals surface area contributed by atoms with Gasteiger partial charge in [-0.1, -0.05) is 12.8 Å². The number of rotatable bonds is 3. The summed E-state index contributed by atoms with van der Waals surface area (Å²) in [5, 5.41) is 6.79. The van der Waals surface area contributed by atoms with Gasteiger partial charge in [-0.15, -0.1) is 0 Å². The number of aromatic nitrogens is 2. The molecule has 2 heterocycles. The summed E-state index contributed by atoms with van der Waals surface area (Å²) < 4.78 is 40.5. The number of nitrogens with zero attached hydrogens (tertiary/aromatic N) is 4. The van der Waals surface area contributed by atoms with E-state index >= 15 is 0 Å². The van der Waals surface area contributed by atoms with Crippen LogP contribution in [-0.4, -0.2) is 40.3 Å². The molecule has 1 aromatic rings. The van der Waals surface area contributed by atoms with Crippen LogP contribution in [0, 0.1) is 11.8 Å². The van der Waals surface area contributed by atoms with Crippen molar-refractivity contribution in [2.24, 2.45) is 23.9 Å². The van der Waals surface area contributed by atoms with Crippen LogP contribution in [0.3, 0.4) is 0 Å². The predicted molar refractivity (Wildman–Crippen MR) is 90.0 cm³/mol. The van der Waals surface area contributed by atoms with Gasteiger partial charge in [0.25, 0.3) is 0 Å². The molecule has 2 aliphatic rings. The number of hydrogen-bond donors (Lipinski definition) is 1. The molecule has 1 aromatic heterocycles. The minimum atomic E-state index is -4.45. The molecule has 2 fully saturated rings. The maximum atomic E-state index is 13.1. The number of nitrogens with one attached hydrogen (secondary N) is 1. The highest BCUT2D eigenvalue weighted by Gasteiger charge is 2.37. The molecular formula is C17H26F3N5. The summed E-state index contributed by atoms with van der Waals surface area (Å²) in [6.07, 6.45) is 2.02. The van der Waals surface area contributed by atoms with E-state index in [9.17, 15) is 13.2 Å². The van der Waals surface area contributed by atoms with Gasteiger partial charge in [0, 0.05) is 38.4 Å². The first-order valence-corrected chi connectivity index (χ1v) is 9.01. The second-order valence-corrected chi connectivity index (χ2v) is 7.05. The van der Waals surface area contributed by atoms with Gasteiger partial charge in [0.2, 0.25) is 0 Å². The Morgan fingerprint density at radius 3 is 2.48 bits per heavy atom. The van der Waals surface area contributed by atoms with Crippen LogP contribution in [0.2, 0.25) is 0 Å². The van der Waals surface area contributed by atoms with Gasteiger partial charge in [0.1, 0.15) is 0 Å². The molecule has 1 saturated heterocycles. The first-order valence-electron chi connectivity index (χ1n) is 9.01. The monoisotopic (exact) mass is 357 g/mol. The average molecular weight is 357 g/mol. The second-order valence-electron chi connectivity index (χ2n) is 7.05. The van der Waals surface area contributed by atoms with Crippen molar-refractivity contribution in [1.82, 2.24) is 20.0 Å². The second kappa shape index (κ2) is 7.25. The average Bonchev–Trinajstić information content (AvgIpc) is 3.14. The van der Waals surface area contributed by atoms with Crippen LogP contribution in [0.5, 0.6) is 0 Å². The number of fused-ring (bicyclic) bond motifs is 1. The van der Waals surface area contributed by atoms with Crippen LogP contribution in [0.4, 0.5) is 13.2 Å². The van der Waals surface area contributed by atoms with E-state index in [1.54, 1.807) is 0 Å². The number of hydrogen-bond acceptors (Lipinski definition) is 2. The van der Waals surface area contributed by atoms with Crippen molar-refractivity contribution in [1.29, 1.82) is 0 Å². The van der Waals surface area contributed by atoms with Crippen molar-refractivity contribution >= 4 is 5.96 Å². The highest BCUT2D eigenvalue weighted by Crippen LogP contribution is 2.36. The Morgan fingerprint density at radius 1 is 1.28 bits per heavy atom. The highest BCUT2D eigenvalue weighted by atomic mass is 19.4. The topological polar surface area (TPSA) is 45.5 Å². The van der Waals surface area contributed by atoms with E-state index in [1.165, 1.54) is 43.6 Å². The molecule has 8 heteroatoms. The van der Waals surface area contributed by atoms with E-state index in [0.717, 1.165) is 13.1 Å². The Morgan fingerprint density at radius 2 is 1.92 bits per heavy atom. The van der Waals surface area contributed by atoms with Gasteiger partial charge in [-0.2, -0.15) is 18.3 Å². The van der Waals surface area contributed by atoms with Gasteiger partial charge in [0.15, 0.2) is 11.7 Å². The van der Waals surface area contributed by atoms with E-state index in [-0.39, 0.29) is 12.1 Å². The Balaban J connectivity index is 1.75. The Kier molecular flexibility index (Phi) is 5.24. The Hall–Kier alpha value is -1.73. The smallest absolute Gasteiger partial charge is 0.357 e. The van der Waals surface area contributed by atoms with Crippen molar-refractivity contribution < 1.29 is 13.2 Å². The molecule has 5 nitrogen and oxygen atoms in total. The van der Waals surface area contributed by atoms with E-state index in [2.05, 4.69) is 20.3 Å². The predicted octanol–water partition coefficient (Wildman–Crippen LogP) is 3.03. The fourth-order valence-corrected chi connectivity index (χ4v) is 4.06. The molecule has 3 rings (SSSR count). The maximum Gasteiger partial charge on any atom is 0.435 e. The van der Waals surface area contributed by atoms with E-state index in [0.29, 0.717) is 24.3 Å². The lowest BCUT2D eigenvalue weighted by Crippen LogP contribution is -2.40. The summed E-state index contributed by atoms with van der Waals surface area (Å²) in [4.78, 5) is 6.71. The number of likely N-dealkylation sites (tertiary alicyclic amines) is 1. The van der Waals surface area contributed by atoms with Crippen molar-refractivity contribution in [3.63, 3.8) is 0 Å². The molecule has 0 amide bonds. The lowest BCUT2D eigenvalue weighted by molar-refractivity contribution is -0.142. The van der Waals surface area contributed by atoms with Crippen LogP contribution in [0.15, 0.2) is 11.2 Å². The summed E-state index contributed by atoms with van der Waals surface area (Å²) >= 11 is 0. The highest BCUT2D eigenvalue weighted by molar-refractivity contribution is 5.80. The molecule has 140 valence electrons. The minimum Gasteiger partial charge on any atom is -0.357 e. The summed E-state index contributed by atoms with van der Waals surface area (Å²) in [6, 6.07) is 0. The molecule has 25 heavy (non-hydrogen) atoms. The minimum absolute atomic E-state index is 0.0170. The number of aryl methyl sites for hydroxylation is 1. The lowest BCUT2D eigenvalue weighted by atomic mass is 9.82. The molecule has 2 atom stereocenters. The van der Waals surface area contributed by atoms with Gasteiger partial charge >= 0.3 is 6.18 Å². The maximum absolute atomic E-state index is 13.1. The quantitative estimate of drug-likeness (QED) is 0.668. The van der Waals surface area contributed by atoms with Crippen LogP contribution >= 0.6 is 0 Å². The van der Waals surface area contributed by atoms with Crippen LogP contribution in [-0.2, 0) is 19.8 Å². The molecule has 1 N–H and O–H groups in total. The third-order valence-electron chi connectivity index (χ3n) is 5.18. The molecule has 2 unspecified atom stereocenters. The fourth-order valence-electron chi connectivity index (χ4n) is 4.06. The van der Waals surface area contributed by atoms with Gasteiger partial charge < -0.3 is 10.2 Å². The summed E-state index contributed by atoms with van der Waals surface area (Å²) in [7, 11) is 1.50. The standard InChI is InChI=1S/C17H26F3N5/c1-3-21-16(25-10-12-6-4-5-7-13(12)11-25)22-8-14-9-24(2)23-15(14)17(18,19)20/h9,12-13H,3-8,10-11H2,1-2H3,(H,21,22). The molecule has 0 aromatic carbocycles. The van der Waals surface area contributed by atoms with Gasteiger partial charge in [-0.3, -0.25) is 4.68 Å². The van der Waals surface area contributed by atoms with Gasteiger partial charge in [-0.25, -0.2) is 4.99 Å². The first kappa shape index (κ1) is 18.1. The number of guanidine groups is 1. The molecular weight excluding hydrogens is 331 g/mol. The normalized spacial score (nSPS) is 24.5. The summed E-state index contributed by atoms with van der Waals surface area (Å²) in [6.45, 7) is 4.57. The molecule has 0 spiro atoms. The van der Waals surface area contributed by atoms with E-state index in [1.807, 2.05) is 6.92 Å². The zero-order valence-corrected chi connectivity index (χ0v) is 14.8. The third-order valence-corrected chi connectivity index (χ3v) is 5.18. The number of alkyl halides is 3. The lowest BCUT2D eigenvalue weighted by Gasteiger charge is -2.22. The SMILES string of the molecule is CCNC(=NCc1cn(C)nc1C(F)(F)F)N1CC2CCCCC2C1. The summed E-state index contributed by atoms with van der Waals surface area (Å²) in [5.41, 5.74) is -0.730. The number of aliphatic imine (C=N–C) groups is 1. The number of halogens is 3. The van der Waals surface area contributed by atoms with Crippen LogP contribution < -0.4 is 5.32 Å². The molecule has 1 aliphatic heterocycles. The molecule has 0 radical (unpaired) electrons. The first-order chi connectivity index (χ1) is 11.9. The zero-order chi connectivity index (χ0) is 18.0. The van der Waals surface area contributed by atoms with Crippen molar-refractivity contribution in [3.8, 4) is 0 Å². The van der Waals surface area contributed by atoms with E-state index in [4.69, 9.17) is 0 Å². The van der Waals surface area contributed by atoms with Crippen molar-refractivity contribution in [3.05, 3.63) is 17.5 Å². The Bertz CT molecular complexity index is 608. The molecule has 0 bridgehead atoms. The zero-order valence-electron chi connectivity index (χ0n) is 14.8.